The van der Waals surface area contributed by atoms with Crippen LogP contribution in [0.1, 0.15) is 31.4 Å². The molecule has 0 amide bonds. The minimum atomic E-state index is -0.906. The third-order valence-corrected chi connectivity index (χ3v) is 6.48. The van der Waals surface area contributed by atoms with Crippen LogP contribution in [0.25, 0.3) is 0 Å². The first-order valence-corrected chi connectivity index (χ1v) is 11.6. The molecule has 4 rings (SSSR count). The Morgan fingerprint density at radius 2 is 1.50 bits per heavy atom. The number of hydrogen-bond acceptors (Lipinski definition) is 7. The predicted octanol–water partition coefficient (Wildman–Crippen LogP) is 1.72. The number of aliphatic hydroxyl groups is 2. The number of aliphatic hydroxyl groups excluding tert-OH is 2. The molecule has 2 aliphatic rings. The van der Waals surface area contributed by atoms with Crippen LogP contribution in [0.4, 0.5) is 5.69 Å². The number of aromatic hydroxyl groups is 2. The molecule has 2 atom stereocenters. The van der Waals surface area contributed by atoms with Gasteiger partial charge in [0.1, 0.15) is 5.75 Å². The fourth-order valence-corrected chi connectivity index (χ4v) is 4.76. The number of para-hydroxylation sites is 2. The van der Waals surface area contributed by atoms with Crippen molar-refractivity contribution in [3.8, 4) is 17.5 Å². The molecule has 176 valence electrons. The number of anilines is 1. The molecule has 32 heavy (non-hydrogen) atoms. The summed E-state index contributed by atoms with van der Waals surface area (Å²) in [6.45, 7) is 9.15. The first kappa shape index (κ1) is 22.8. The zero-order valence-electron chi connectivity index (χ0n) is 18.9. The molecule has 1 aliphatic heterocycles. The highest BCUT2D eigenvalue weighted by Gasteiger charge is 2.33. The zero-order valence-corrected chi connectivity index (χ0v) is 18.9. The number of aromatic nitrogens is 1. The van der Waals surface area contributed by atoms with Crippen LogP contribution >= 0.6 is 0 Å². The van der Waals surface area contributed by atoms with Crippen LogP contribution in [0, 0.1) is 0 Å². The van der Waals surface area contributed by atoms with Crippen molar-refractivity contribution >= 4 is 5.69 Å². The third kappa shape index (κ3) is 4.67. The van der Waals surface area contributed by atoms with Gasteiger partial charge in [-0.25, -0.2) is 0 Å². The van der Waals surface area contributed by atoms with E-state index in [9.17, 15) is 20.4 Å². The Kier molecular flexibility index (Phi) is 6.83. The minimum absolute atomic E-state index is 0.00929. The third-order valence-electron chi connectivity index (χ3n) is 6.48. The summed E-state index contributed by atoms with van der Waals surface area (Å²) in [6.07, 6.45) is -0.574. The fraction of sp³-hybridized carbons (Fsp3) is 0.583. The molecule has 2 heterocycles. The Bertz CT molecular complexity index is 887. The lowest BCUT2D eigenvalue weighted by molar-refractivity contribution is 0.0136. The summed E-state index contributed by atoms with van der Waals surface area (Å²) in [5.41, 5.74) is 2.24. The maximum Gasteiger partial charge on any atom is 0.197 e. The first-order chi connectivity index (χ1) is 15.3. The average molecular weight is 446 g/mol. The standard InChI is InChI=1S/C24H35N3O5/c1-16(2)32-22-7-4-3-6-19(22)26-12-10-25(11-13-26)8-5-9-27-23(30)17-14-20(28)21(29)15-18(17)24(27)31/h3-4,6-7,16,20-21,28-31H,5,8-15H2,1-2H3. The normalized spacial score (nSPS) is 21.7. The van der Waals surface area contributed by atoms with E-state index in [1.807, 2.05) is 32.0 Å². The van der Waals surface area contributed by atoms with Crippen molar-refractivity contribution in [1.82, 2.24) is 9.47 Å². The zero-order chi connectivity index (χ0) is 22.8. The van der Waals surface area contributed by atoms with Gasteiger partial charge in [-0.05, 0) is 38.9 Å². The molecular formula is C24H35N3O5. The first-order valence-electron chi connectivity index (χ1n) is 11.6. The van der Waals surface area contributed by atoms with Crippen LogP contribution in [-0.2, 0) is 19.4 Å². The summed E-state index contributed by atoms with van der Waals surface area (Å²) in [4.78, 5) is 4.76. The number of fused-ring (bicyclic) bond motifs is 1. The van der Waals surface area contributed by atoms with Crippen molar-refractivity contribution in [2.75, 3.05) is 37.6 Å². The molecule has 0 spiro atoms. The van der Waals surface area contributed by atoms with Crippen LogP contribution in [0.2, 0.25) is 0 Å². The fourth-order valence-electron chi connectivity index (χ4n) is 4.76. The molecule has 8 nitrogen and oxygen atoms in total. The Balaban J connectivity index is 1.30. The van der Waals surface area contributed by atoms with E-state index in [-0.39, 0.29) is 30.7 Å². The van der Waals surface area contributed by atoms with Crippen LogP contribution in [-0.4, -0.2) is 80.9 Å². The summed E-state index contributed by atoms with van der Waals surface area (Å²) in [5.74, 6) is 0.943. The topological polar surface area (TPSA) is 102 Å². The predicted molar refractivity (Wildman–Crippen MR) is 123 cm³/mol. The number of benzene rings is 1. The largest absolute Gasteiger partial charge is 0.494 e. The molecule has 2 aromatic rings. The van der Waals surface area contributed by atoms with Gasteiger partial charge in [0.05, 0.1) is 24.0 Å². The second kappa shape index (κ2) is 9.60. The number of hydrogen-bond donors (Lipinski definition) is 4. The Morgan fingerprint density at radius 3 is 2.09 bits per heavy atom. The van der Waals surface area contributed by atoms with Crippen LogP contribution in [0.5, 0.6) is 17.5 Å². The van der Waals surface area contributed by atoms with Crippen molar-refractivity contribution in [2.45, 2.75) is 58.0 Å². The van der Waals surface area contributed by atoms with Gasteiger partial charge < -0.3 is 30.1 Å². The highest BCUT2D eigenvalue weighted by Crippen LogP contribution is 2.39. The van der Waals surface area contributed by atoms with Gasteiger partial charge in [-0.2, -0.15) is 0 Å². The molecule has 1 aromatic heterocycles. The summed E-state index contributed by atoms with van der Waals surface area (Å²) in [6, 6.07) is 8.18. The highest BCUT2D eigenvalue weighted by molar-refractivity contribution is 5.58. The van der Waals surface area contributed by atoms with Gasteiger partial charge >= 0.3 is 0 Å². The van der Waals surface area contributed by atoms with E-state index in [1.54, 1.807) is 0 Å². The van der Waals surface area contributed by atoms with Crippen LogP contribution in [0.3, 0.4) is 0 Å². The minimum Gasteiger partial charge on any atom is -0.494 e. The molecule has 1 aliphatic carbocycles. The van der Waals surface area contributed by atoms with Crippen molar-refractivity contribution in [1.29, 1.82) is 0 Å². The van der Waals surface area contributed by atoms with Gasteiger partial charge in [-0.1, -0.05) is 12.1 Å². The quantitative estimate of drug-likeness (QED) is 0.515. The lowest BCUT2D eigenvalue weighted by Crippen LogP contribution is -2.46. The number of rotatable bonds is 7. The Morgan fingerprint density at radius 1 is 0.906 bits per heavy atom. The second-order valence-corrected chi connectivity index (χ2v) is 9.12. The molecule has 4 N–H and O–H groups in total. The van der Waals surface area contributed by atoms with Crippen molar-refractivity contribution in [3.05, 3.63) is 35.4 Å². The Hall–Kier alpha value is -2.42. The number of ether oxygens (including phenoxy) is 1. The van der Waals surface area contributed by atoms with Gasteiger partial charge in [-0.15, -0.1) is 0 Å². The van der Waals surface area contributed by atoms with Gasteiger partial charge in [0.2, 0.25) is 0 Å². The van der Waals surface area contributed by atoms with Gasteiger partial charge in [0.25, 0.3) is 0 Å². The molecule has 8 heteroatoms. The average Bonchev–Trinajstić information content (AvgIpc) is 2.99. The lowest BCUT2D eigenvalue weighted by Gasteiger charge is -2.37. The number of nitrogens with zero attached hydrogens (tertiary/aromatic N) is 3. The highest BCUT2D eigenvalue weighted by atomic mass is 16.5. The Labute approximate surface area is 189 Å². The summed E-state index contributed by atoms with van der Waals surface area (Å²) in [7, 11) is 0. The summed E-state index contributed by atoms with van der Waals surface area (Å²) in [5, 5.41) is 40.8. The van der Waals surface area contributed by atoms with E-state index in [4.69, 9.17) is 4.74 Å². The second-order valence-electron chi connectivity index (χ2n) is 9.12. The molecular weight excluding hydrogens is 410 g/mol. The SMILES string of the molecule is CC(C)Oc1ccccc1N1CCN(CCCn2c(O)c3c(c2O)CC(O)C(O)C3)CC1. The summed E-state index contributed by atoms with van der Waals surface area (Å²) < 4.78 is 7.48. The molecule has 0 radical (unpaired) electrons. The van der Waals surface area contributed by atoms with E-state index in [2.05, 4.69) is 15.9 Å². The smallest absolute Gasteiger partial charge is 0.197 e. The van der Waals surface area contributed by atoms with Gasteiger partial charge in [0, 0.05) is 56.7 Å². The molecule has 1 saturated heterocycles. The van der Waals surface area contributed by atoms with E-state index in [1.165, 1.54) is 4.57 Å². The van der Waals surface area contributed by atoms with Crippen LogP contribution in [0.15, 0.2) is 24.3 Å². The van der Waals surface area contributed by atoms with Crippen molar-refractivity contribution in [2.24, 2.45) is 0 Å². The van der Waals surface area contributed by atoms with Gasteiger partial charge in [-0.3, -0.25) is 9.47 Å². The van der Waals surface area contributed by atoms with Crippen molar-refractivity contribution in [3.63, 3.8) is 0 Å². The monoisotopic (exact) mass is 445 g/mol. The van der Waals surface area contributed by atoms with E-state index in [0.29, 0.717) is 17.7 Å². The number of piperazine rings is 1. The van der Waals surface area contributed by atoms with E-state index < -0.39 is 12.2 Å². The molecule has 2 unspecified atom stereocenters. The van der Waals surface area contributed by atoms with Gasteiger partial charge in [0.15, 0.2) is 11.8 Å². The van der Waals surface area contributed by atoms with Crippen molar-refractivity contribution < 1.29 is 25.2 Å². The maximum absolute atomic E-state index is 10.5. The van der Waals surface area contributed by atoms with Crippen LogP contribution < -0.4 is 9.64 Å². The lowest BCUT2D eigenvalue weighted by atomic mass is 9.90. The van der Waals surface area contributed by atoms with E-state index >= 15 is 0 Å². The summed E-state index contributed by atoms with van der Waals surface area (Å²) >= 11 is 0. The maximum atomic E-state index is 10.5. The molecule has 0 saturated carbocycles. The molecule has 1 aromatic carbocycles. The molecule has 0 bridgehead atoms. The molecule has 1 fully saturated rings. The van der Waals surface area contributed by atoms with E-state index in [0.717, 1.165) is 50.6 Å².